The van der Waals surface area contributed by atoms with Gasteiger partial charge in [0.05, 0.1) is 6.61 Å². The zero-order valence-corrected chi connectivity index (χ0v) is 11.2. The molecule has 94 valence electrons. The van der Waals surface area contributed by atoms with Crippen LogP contribution in [0.5, 0.6) is 5.75 Å². The Labute approximate surface area is 103 Å². The molecular formula is C14H20O3. The van der Waals surface area contributed by atoms with Gasteiger partial charge in [0, 0.05) is 0 Å². The molecule has 0 amide bonds. The van der Waals surface area contributed by atoms with Crippen molar-refractivity contribution < 1.29 is 14.3 Å². The molecule has 0 spiro atoms. The van der Waals surface area contributed by atoms with Gasteiger partial charge < -0.3 is 9.47 Å². The molecule has 1 aromatic rings. The SMILES string of the molecule is Cc1ccc(OC(=O)OCC(C)(C)C)cc1C. The second-order valence-electron chi connectivity index (χ2n) is 5.45. The fourth-order valence-corrected chi connectivity index (χ4v) is 1.18. The molecule has 0 bridgehead atoms. The Kier molecular flexibility index (Phi) is 4.16. The van der Waals surface area contributed by atoms with Crippen LogP contribution in [0.1, 0.15) is 31.9 Å². The van der Waals surface area contributed by atoms with Crippen molar-refractivity contribution in [2.75, 3.05) is 6.61 Å². The summed E-state index contributed by atoms with van der Waals surface area (Å²) in [5, 5.41) is 0. The Morgan fingerprint density at radius 2 is 1.82 bits per heavy atom. The molecule has 17 heavy (non-hydrogen) atoms. The summed E-state index contributed by atoms with van der Waals surface area (Å²) in [6.45, 7) is 10.3. The van der Waals surface area contributed by atoms with Crippen molar-refractivity contribution in [2.45, 2.75) is 34.6 Å². The Morgan fingerprint density at radius 1 is 1.18 bits per heavy atom. The molecule has 0 aliphatic heterocycles. The quantitative estimate of drug-likeness (QED) is 0.577. The minimum Gasteiger partial charge on any atom is -0.433 e. The molecular weight excluding hydrogens is 216 g/mol. The van der Waals surface area contributed by atoms with Gasteiger partial charge in [-0.05, 0) is 42.5 Å². The molecule has 1 rings (SSSR count). The first-order chi connectivity index (χ1) is 7.78. The fraction of sp³-hybridized carbons (Fsp3) is 0.500. The van der Waals surface area contributed by atoms with E-state index in [1.807, 2.05) is 46.8 Å². The number of hydrogen-bond acceptors (Lipinski definition) is 3. The highest BCUT2D eigenvalue weighted by atomic mass is 16.7. The van der Waals surface area contributed by atoms with Gasteiger partial charge in [-0.3, -0.25) is 0 Å². The first-order valence-electron chi connectivity index (χ1n) is 5.70. The zero-order chi connectivity index (χ0) is 13.1. The van der Waals surface area contributed by atoms with Crippen LogP contribution in [0, 0.1) is 19.3 Å². The summed E-state index contributed by atoms with van der Waals surface area (Å²) >= 11 is 0. The first-order valence-corrected chi connectivity index (χ1v) is 5.70. The molecule has 3 heteroatoms. The van der Waals surface area contributed by atoms with Gasteiger partial charge in [0.1, 0.15) is 5.75 Å². The molecule has 0 unspecified atom stereocenters. The lowest BCUT2D eigenvalue weighted by atomic mass is 9.99. The van der Waals surface area contributed by atoms with Gasteiger partial charge in [-0.1, -0.05) is 26.8 Å². The van der Waals surface area contributed by atoms with Crippen LogP contribution in [0.3, 0.4) is 0 Å². The smallest absolute Gasteiger partial charge is 0.433 e. The monoisotopic (exact) mass is 236 g/mol. The zero-order valence-electron chi connectivity index (χ0n) is 11.2. The van der Waals surface area contributed by atoms with Crippen molar-refractivity contribution in [1.82, 2.24) is 0 Å². The number of aryl methyl sites for hydroxylation is 2. The third-order valence-electron chi connectivity index (χ3n) is 2.30. The highest BCUT2D eigenvalue weighted by Crippen LogP contribution is 2.18. The lowest BCUT2D eigenvalue weighted by molar-refractivity contribution is 0.0684. The predicted molar refractivity (Wildman–Crippen MR) is 67.3 cm³/mol. The van der Waals surface area contributed by atoms with E-state index in [0.717, 1.165) is 5.56 Å². The molecule has 0 aliphatic rings. The molecule has 0 aliphatic carbocycles. The average Bonchev–Trinajstić information content (AvgIpc) is 2.20. The van der Waals surface area contributed by atoms with Crippen LogP contribution >= 0.6 is 0 Å². The largest absolute Gasteiger partial charge is 0.513 e. The highest BCUT2D eigenvalue weighted by Gasteiger charge is 2.15. The summed E-state index contributed by atoms with van der Waals surface area (Å²) in [6, 6.07) is 5.51. The minimum absolute atomic E-state index is 0.0534. The molecule has 0 aromatic heterocycles. The maximum Gasteiger partial charge on any atom is 0.513 e. The second kappa shape index (κ2) is 5.21. The van der Waals surface area contributed by atoms with Crippen LogP contribution in [-0.2, 0) is 4.74 Å². The first kappa shape index (κ1) is 13.6. The molecule has 0 atom stereocenters. The molecule has 0 heterocycles. The second-order valence-corrected chi connectivity index (χ2v) is 5.45. The Morgan fingerprint density at radius 3 is 2.35 bits per heavy atom. The summed E-state index contributed by atoms with van der Waals surface area (Å²) in [6.07, 6.45) is -0.650. The third kappa shape index (κ3) is 4.89. The Bertz CT molecular complexity index is 402. The lowest BCUT2D eigenvalue weighted by Crippen LogP contribution is -2.20. The van der Waals surface area contributed by atoms with Gasteiger partial charge in [-0.2, -0.15) is 0 Å². The Hall–Kier alpha value is -1.51. The summed E-state index contributed by atoms with van der Waals surface area (Å²) in [4.78, 5) is 11.4. The fourth-order valence-electron chi connectivity index (χ4n) is 1.18. The van der Waals surface area contributed by atoms with Gasteiger partial charge >= 0.3 is 6.16 Å². The van der Waals surface area contributed by atoms with Gasteiger partial charge in [-0.25, -0.2) is 4.79 Å². The van der Waals surface area contributed by atoms with Gasteiger partial charge in [-0.15, -0.1) is 0 Å². The van der Waals surface area contributed by atoms with Crippen molar-refractivity contribution in [3.8, 4) is 5.75 Å². The van der Waals surface area contributed by atoms with E-state index in [9.17, 15) is 4.79 Å². The van der Waals surface area contributed by atoms with Crippen LogP contribution in [0.2, 0.25) is 0 Å². The van der Waals surface area contributed by atoms with Crippen LogP contribution < -0.4 is 4.74 Å². The topological polar surface area (TPSA) is 35.5 Å². The maximum absolute atomic E-state index is 11.4. The number of carbonyl (C=O) groups excluding carboxylic acids is 1. The number of carbonyl (C=O) groups is 1. The molecule has 0 N–H and O–H groups in total. The van der Waals surface area contributed by atoms with E-state index in [2.05, 4.69) is 0 Å². The summed E-state index contributed by atoms with van der Waals surface area (Å²) < 4.78 is 10.1. The van der Waals surface area contributed by atoms with Crippen molar-refractivity contribution in [3.05, 3.63) is 29.3 Å². The van der Waals surface area contributed by atoms with Gasteiger partial charge in [0.15, 0.2) is 0 Å². The highest BCUT2D eigenvalue weighted by molar-refractivity contribution is 5.64. The predicted octanol–water partition coefficient (Wildman–Crippen LogP) is 3.86. The van der Waals surface area contributed by atoms with E-state index in [1.54, 1.807) is 6.07 Å². The van der Waals surface area contributed by atoms with E-state index in [1.165, 1.54) is 5.56 Å². The molecule has 0 radical (unpaired) electrons. The number of rotatable bonds is 2. The number of benzene rings is 1. The standard InChI is InChI=1S/C14H20O3/c1-10-6-7-12(8-11(10)2)17-13(15)16-9-14(3,4)5/h6-8H,9H2,1-5H3. The summed E-state index contributed by atoms with van der Waals surface area (Å²) in [7, 11) is 0. The Balaban J connectivity index is 2.54. The van der Waals surface area contributed by atoms with E-state index in [-0.39, 0.29) is 5.41 Å². The van der Waals surface area contributed by atoms with E-state index in [0.29, 0.717) is 12.4 Å². The molecule has 1 aromatic carbocycles. The molecule has 0 saturated heterocycles. The number of hydrogen-bond donors (Lipinski definition) is 0. The van der Waals surface area contributed by atoms with Crippen LogP contribution in [0.4, 0.5) is 4.79 Å². The van der Waals surface area contributed by atoms with E-state index >= 15 is 0 Å². The van der Waals surface area contributed by atoms with Crippen LogP contribution in [-0.4, -0.2) is 12.8 Å². The average molecular weight is 236 g/mol. The van der Waals surface area contributed by atoms with Crippen molar-refractivity contribution in [1.29, 1.82) is 0 Å². The third-order valence-corrected chi connectivity index (χ3v) is 2.30. The van der Waals surface area contributed by atoms with Crippen molar-refractivity contribution >= 4 is 6.16 Å². The summed E-state index contributed by atoms with van der Waals surface area (Å²) in [5.74, 6) is 0.520. The minimum atomic E-state index is -0.650. The van der Waals surface area contributed by atoms with Gasteiger partial charge in [0.25, 0.3) is 0 Å². The normalized spacial score (nSPS) is 11.1. The van der Waals surface area contributed by atoms with Crippen molar-refractivity contribution in [3.63, 3.8) is 0 Å². The van der Waals surface area contributed by atoms with Crippen molar-refractivity contribution in [2.24, 2.45) is 5.41 Å². The lowest BCUT2D eigenvalue weighted by Gasteiger charge is -2.17. The molecule has 0 fully saturated rings. The molecule has 0 saturated carbocycles. The van der Waals surface area contributed by atoms with E-state index in [4.69, 9.17) is 9.47 Å². The van der Waals surface area contributed by atoms with Crippen LogP contribution in [0.25, 0.3) is 0 Å². The summed E-state index contributed by atoms with van der Waals surface area (Å²) in [5.41, 5.74) is 2.20. The number of ether oxygens (including phenoxy) is 2. The van der Waals surface area contributed by atoms with E-state index < -0.39 is 6.16 Å². The van der Waals surface area contributed by atoms with Gasteiger partial charge in [0.2, 0.25) is 0 Å². The maximum atomic E-state index is 11.4. The molecule has 3 nitrogen and oxygen atoms in total. The van der Waals surface area contributed by atoms with Crippen LogP contribution in [0.15, 0.2) is 18.2 Å².